The van der Waals surface area contributed by atoms with E-state index in [1.165, 1.54) is 7.05 Å². The van der Waals surface area contributed by atoms with E-state index in [4.69, 9.17) is 4.74 Å². The molecule has 0 bridgehead atoms. The molecule has 1 aromatic rings. The predicted octanol–water partition coefficient (Wildman–Crippen LogP) is 2.08. The number of halogens is 3. The molecule has 1 fully saturated rings. The van der Waals surface area contributed by atoms with Crippen molar-refractivity contribution in [1.29, 1.82) is 0 Å². The van der Waals surface area contributed by atoms with E-state index in [-0.39, 0.29) is 12.4 Å². The van der Waals surface area contributed by atoms with Gasteiger partial charge in [0.05, 0.1) is 6.54 Å². The Morgan fingerprint density at radius 3 is 2.46 bits per heavy atom. The Morgan fingerprint density at radius 2 is 1.92 bits per heavy atom. The molecule has 7 nitrogen and oxygen atoms in total. The summed E-state index contributed by atoms with van der Waals surface area (Å²) in [6.45, 7) is 4.89. The van der Waals surface area contributed by atoms with Crippen molar-refractivity contribution < 1.29 is 27.5 Å². The van der Waals surface area contributed by atoms with Crippen LogP contribution >= 0.6 is 0 Å². The van der Waals surface area contributed by atoms with Gasteiger partial charge in [-0.15, -0.1) is 0 Å². The van der Waals surface area contributed by atoms with Crippen LogP contribution in [0.2, 0.25) is 0 Å². The molecule has 0 N–H and O–H groups in total. The zero-order valence-corrected chi connectivity index (χ0v) is 13.6. The Kier molecular flexibility index (Phi) is 4.42. The van der Waals surface area contributed by atoms with Crippen molar-refractivity contribution in [3.05, 3.63) is 18.1 Å². The lowest BCUT2D eigenvalue weighted by Crippen LogP contribution is -2.40. The second kappa shape index (κ2) is 5.91. The lowest BCUT2D eigenvalue weighted by atomic mass is 10.2. The summed E-state index contributed by atoms with van der Waals surface area (Å²) in [5.41, 5.74) is -1.91. The molecule has 2 heterocycles. The van der Waals surface area contributed by atoms with Gasteiger partial charge in [-0.05, 0) is 20.8 Å². The molecule has 1 aliphatic rings. The van der Waals surface area contributed by atoms with E-state index in [2.05, 4.69) is 9.97 Å². The van der Waals surface area contributed by atoms with Crippen LogP contribution in [-0.4, -0.2) is 52.1 Å². The minimum atomic E-state index is -4.66. The number of aromatic nitrogens is 2. The first-order chi connectivity index (χ1) is 10.9. The minimum Gasteiger partial charge on any atom is -0.458 e. The fourth-order valence-corrected chi connectivity index (χ4v) is 2.14. The van der Waals surface area contributed by atoms with Gasteiger partial charge in [0.25, 0.3) is 0 Å². The van der Waals surface area contributed by atoms with Gasteiger partial charge in [0, 0.05) is 13.1 Å². The van der Waals surface area contributed by atoms with Crippen LogP contribution in [0.5, 0.6) is 0 Å². The SMILES string of the molecule is CN1C(=O)N(c2cc(C(F)(F)F)ncn2)CC1C(=O)OC(C)(C)C. The molecule has 1 unspecified atom stereocenters. The number of esters is 1. The number of carbonyl (C=O) groups excluding carboxylic acids is 2. The molecular formula is C14H17F3N4O3. The molecule has 2 rings (SSSR count). The van der Waals surface area contributed by atoms with Crippen LogP contribution in [0, 0.1) is 0 Å². The van der Waals surface area contributed by atoms with Crippen molar-refractivity contribution in [3.63, 3.8) is 0 Å². The molecule has 0 aliphatic carbocycles. The molecule has 1 atom stereocenters. The Hall–Kier alpha value is -2.39. The molecular weight excluding hydrogens is 329 g/mol. The zero-order valence-electron chi connectivity index (χ0n) is 13.6. The van der Waals surface area contributed by atoms with Crippen LogP contribution in [0.1, 0.15) is 26.5 Å². The first-order valence-electron chi connectivity index (χ1n) is 7.06. The summed E-state index contributed by atoms with van der Waals surface area (Å²) >= 11 is 0. The number of rotatable bonds is 2. The van der Waals surface area contributed by atoms with Gasteiger partial charge in [-0.25, -0.2) is 19.6 Å². The van der Waals surface area contributed by atoms with E-state index >= 15 is 0 Å². The average Bonchev–Trinajstić information content (AvgIpc) is 2.73. The third-order valence-corrected chi connectivity index (χ3v) is 3.25. The summed E-state index contributed by atoms with van der Waals surface area (Å²) in [7, 11) is 1.38. The number of amides is 2. The number of hydrogen-bond donors (Lipinski definition) is 0. The van der Waals surface area contributed by atoms with Crippen molar-refractivity contribution >= 4 is 17.8 Å². The first kappa shape index (κ1) is 18.0. The Morgan fingerprint density at radius 1 is 1.29 bits per heavy atom. The van der Waals surface area contributed by atoms with Crippen LogP contribution in [-0.2, 0) is 15.7 Å². The van der Waals surface area contributed by atoms with Crippen LogP contribution in [0.25, 0.3) is 0 Å². The number of anilines is 1. The maximum absolute atomic E-state index is 12.7. The molecule has 0 aromatic carbocycles. The topological polar surface area (TPSA) is 75.6 Å². The van der Waals surface area contributed by atoms with Crippen LogP contribution < -0.4 is 4.90 Å². The van der Waals surface area contributed by atoms with E-state index in [1.807, 2.05) is 0 Å². The van der Waals surface area contributed by atoms with E-state index in [1.54, 1.807) is 20.8 Å². The molecule has 2 amide bonds. The molecule has 1 aromatic heterocycles. The largest absolute Gasteiger partial charge is 0.458 e. The Bertz CT molecular complexity index is 657. The lowest BCUT2D eigenvalue weighted by Gasteiger charge is -2.24. The molecule has 0 radical (unpaired) electrons. The number of carbonyl (C=O) groups is 2. The van der Waals surface area contributed by atoms with Crippen molar-refractivity contribution in [3.8, 4) is 0 Å². The summed E-state index contributed by atoms with van der Waals surface area (Å²) < 4.78 is 43.5. The standard InChI is InChI=1S/C14H17F3N4O3/c1-13(2,3)24-11(22)8-6-21(12(23)20(8)4)10-5-9(14(15,16)17)18-7-19-10/h5,7-8H,6H2,1-4H3. The molecule has 1 aliphatic heterocycles. The van der Waals surface area contributed by atoms with E-state index < -0.39 is 35.5 Å². The highest BCUT2D eigenvalue weighted by Crippen LogP contribution is 2.30. The molecule has 10 heteroatoms. The molecule has 0 saturated carbocycles. The second-order valence-electron chi connectivity index (χ2n) is 6.31. The minimum absolute atomic E-state index is 0.154. The van der Waals surface area contributed by atoms with Crippen molar-refractivity contribution in [2.45, 2.75) is 38.6 Å². The Labute approximate surface area is 136 Å². The average molecular weight is 346 g/mol. The number of likely N-dealkylation sites (N-methyl/N-ethyl adjacent to an activating group) is 1. The number of hydrogen-bond acceptors (Lipinski definition) is 5. The van der Waals surface area contributed by atoms with Gasteiger partial charge in [-0.2, -0.15) is 13.2 Å². The van der Waals surface area contributed by atoms with Crippen molar-refractivity contribution in [1.82, 2.24) is 14.9 Å². The van der Waals surface area contributed by atoms with Gasteiger partial charge < -0.3 is 9.64 Å². The van der Waals surface area contributed by atoms with Gasteiger partial charge in [-0.3, -0.25) is 4.90 Å². The van der Waals surface area contributed by atoms with Gasteiger partial charge in [0.1, 0.15) is 29.5 Å². The predicted molar refractivity (Wildman–Crippen MR) is 77.2 cm³/mol. The summed E-state index contributed by atoms with van der Waals surface area (Å²) in [5, 5.41) is 0. The lowest BCUT2D eigenvalue weighted by molar-refractivity contribution is -0.158. The first-order valence-corrected chi connectivity index (χ1v) is 7.06. The molecule has 24 heavy (non-hydrogen) atoms. The highest BCUT2D eigenvalue weighted by Gasteiger charge is 2.43. The van der Waals surface area contributed by atoms with E-state index in [9.17, 15) is 22.8 Å². The highest BCUT2D eigenvalue weighted by atomic mass is 19.4. The monoisotopic (exact) mass is 346 g/mol. The van der Waals surface area contributed by atoms with Gasteiger partial charge in [-0.1, -0.05) is 0 Å². The number of ether oxygens (including phenoxy) is 1. The Balaban J connectivity index is 2.25. The number of alkyl halides is 3. The third-order valence-electron chi connectivity index (χ3n) is 3.25. The number of urea groups is 1. The molecule has 1 saturated heterocycles. The summed E-state index contributed by atoms with van der Waals surface area (Å²) in [5.74, 6) is -0.855. The summed E-state index contributed by atoms with van der Waals surface area (Å²) in [6, 6.07) is -0.901. The van der Waals surface area contributed by atoms with Crippen LogP contribution in [0.4, 0.5) is 23.8 Å². The maximum Gasteiger partial charge on any atom is 0.433 e. The highest BCUT2D eigenvalue weighted by molar-refractivity contribution is 5.98. The van der Waals surface area contributed by atoms with Gasteiger partial charge >= 0.3 is 18.2 Å². The fraction of sp³-hybridized carbons (Fsp3) is 0.571. The summed E-state index contributed by atoms with van der Waals surface area (Å²) in [4.78, 5) is 33.4. The molecule has 132 valence electrons. The van der Waals surface area contributed by atoms with Crippen LogP contribution in [0.15, 0.2) is 12.4 Å². The van der Waals surface area contributed by atoms with Crippen molar-refractivity contribution in [2.75, 3.05) is 18.5 Å². The third kappa shape index (κ3) is 3.74. The van der Waals surface area contributed by atoms with Crippen molar-refractivity contribution in [2.24, 2.45) is 0 Å². The smallest absolute Gasteiger partial charge is 0.433 e. The van der Waals surface area contributed by atoms with Gasteiger partial charge in [0.15, 0.2) is 0 Å². The van der Waals surface area contributed by atoms with E-state index in [0.717, 1.165) is 16.1 Å². The maximum atomic E-state index is 12.7. The van der Waals surface area contributed by atoms with Gasteiger partial charge in [0.2, 0.25) is 0 Å². The summed E-state index contributed by atoms with van der Waals surface area (Å²) in [6.07, 6.45) is -3.93. The van der Waals surface area contributed by atoms with E-state index in [0.29, 0.717) is 6.07 Å². The normalized spacial score (nSPS) is 19.0. The second-order valence-corrected chi connectivity index (χ2v) is 6.31. The zero-order chi connectivity index (χ0) is 18.3. The number of nitrogens with zero attached hydrogens (tertiary/aromatic N) is 4. The molecule has 0 spiro atoms. The fourth-order valence-electron chi connectivity index (χ4n) is 2.14. The van der Waals surface area contributed by atoms with Crippen LogP contribution in [0.3, 0.4) is 0 Å². The quantitative estimate of drug-likeness (QED) is 0.767.